The Morgan fingerprint density at radius 1 is 1.30 bits per heavy atom. The Morgan fingerprint density at radius 2 is 1.95 bits per heavy atom. The van der Waals surface area contributed by atoms with Gasteiger partial charge >= 0.3 is 5.63 Å². The van der Waals surface area contributed by atoms with Crippen LogP contribution in [0.4, 0.5) is 0 Å². The normalized spacial score (nSPS) is 13.5. The maximum atomic E-state index is 11.6. The lowest BCUT2D eigenvalue weighted by Crippen LogP contribution is -2.14. The molecule has 0 bridgehead atoms. The molecule has 0 saturated carbocycles. The first-order chi connectivity index (χ1) is 9.25. The summed E-state index contributed by atoms with van der Waals surface area (Å²) in [5, 5.41) is -0.323. The zero-order chi connectivity index (χ0) is 15.1. The van der Waals surface area contributed by atoms with Gasteiger partial charge in [0, 0.05) is 11.5 Å². The molecule has 1 aromatic heterocycles. The first-order valence-electron chi connectivity index (χ1n) is 5.58. The number of rotatable bonds is 2. The Balaban J connectivity index is 2.88. The smallest absolute Gasteiger partial charge is 0.336 e. The molecule has 1 aromatic carbocycles. The van der Waals surface area contributed by atoms with Gasteiger partial charge in [-0.3, -0.25) is 0 Å². The Bertz CT molecular complexity index is 703. The highest BCUT2D eigenvalue weighted by atomic mass is 35.6. The molecular formula is C13H10Cl4O3. The summed E-state index contributed by atoms with van der Waals surface area (Å²) in [5.74, 6) is 0.387. The molecule has 1 atom stereocenters. The molecule has 2 rings (SSSR count). The largest absolute Gasteiger partial charge is 0.496 e. The summed E-state index contributed by atoms with van der Waals surface area (Å²) in [5.41, 5.74) is 0.846. The van der Waals surface area contributed by atoms with Crippen molar-refractivity contribution in [2.75, 3.05) is 7.11 Å². The number of methoxy groups -OCH3 is 1. The summed E-state index contributed by atoms with van der Waals surface area (Å²) >= 11 is 23.8. The van der Waals surface area contributed by atoms with Crippen LogP contribution in [0.5, 0.6) is 5.75 Å². The van der Waals surface area contributed by atoms with E-state index in [0.717, 1.165) is 5.56 Å². The van der Waals surface area contributed by atoms with Gasteiger partial charge in [-0.25, -0.2) is 4.79 Å². The maximum absolute atomic E-state index is 11.6. The van der Waals surface area contributed by atoms with Gasteiger partial charge < -0.3 is 9.15 Å². The lowest BCUT2D eigenvalue weighted by Gasteiger charge is -2.21. The third kappa shape index (κ3) is 2.86. The van der Waals surface area contributed by atoms with Gasteiger partial charge in [0.25, 0.3) is 0 Å². The molecule has 0 N–H and O–H groups in total. The van der Waals surface area contributed by atoms with E-state index < -0.39 is 14.8 Å². The van der Waals surface area contributed by atoms with E-state index in [4.69, 9.17) is 55.6 Å². The van der Waals surface area contributed by atoms with Crippen LogP contribution < -0.4 is 10.4 Å². The minimum absolute atomic E-state index is 0.265. The second kappa shape index (κ2) is 5.64. The van der Waals surface area contributed by atoms with E-state index in [-0.39, 0.29) is 5.58 Å². The molecule has 0 radical (unpaired) electrons. The van der Waals surface area contributed by atoms with E-state index in [1.54, 1.807) is 19.1 Å². The molecule has 0 amide bonds. The second-order valence-electron chi connectivity index (χ2n) is 4.21. The number of hydrogen-bond acceptors (Lipinski definition) is 3. The quantitative estimate of drug-likeness (QED) is 0.575. The van der Waals surface area contributed by atoms with Gasteiger partial charge in [0.15, 0.2) is 0 Å². The van der Waals surface area contributed by atoms with Crippen molar-refractivity contribution in [1.82, 2.24) is 0 Å². The molecule has 1 unspecified atom stereocenters. The highest BCUT2D eigenvalue weighted by Crippen LogP contribution is 2.49. The van der Waals surface area contributed by atoms with Crippen LogP contribution in [0.15, 0.2) is 27.4 Å². The van der Waals surface area contributed by atoms with Crippen molar-refractivity contribution >= 4 is 57.4 Å². The maximum Gasteiger partial charge on any atom is 0.336 e. The minimum atomic E-state index is -1.77. The first-order valence-corrected chi connectivity index (χ1v) is 7.15. The summed E-state index contributed by atoms with van der Waals surface area (Å²) in [4.78, 5) is 11.6. The van der Waals surface area contributed by atoms with Crippen molar-refractivity contribution in [1.29, 1.82) is 0 Å². The predicted octanol–water partition coefficient (Wildman–Crippen LogP) is 4.76. The molecule has 0 fully saturated rings. The van der Waals surface area contributed by atoms with Crippen molar-refractivity contribution in [2.24, 2.45) is 0 Å². The van der Waals surface area contributed by atoms with Crippen molar-refractivity contribution in [3.63, 3.8) is 0 Å². The van der Waals surface area contributed by atoms with E-state index in [9.17, 15) is 4.79 Å². The number of benzene rings is 1. The highest BCUT2D eigenvalue weighted by molar-refractivity contribution is 6.70. The Morgan fingerprint density at radius 3 is 2.50 bits per heavy atom. The number of fused-ring (bicyclic) bond motifs is 1. The van der Waals surface area contributed by atoms with E-state index >= 15 is 0 Å². The van der Waals surface area contributed by atoms with Crippen molar-refractivity contribution in [2.45, 2.75) is 16.1 Å². The number of aryl methyl sites for hydroxylation is 1. The van der Waals surface area contributed by atoms with Gasteiger partial charge in [0.2, 0.25) is 3.79 Å². The predicted molar refractivity (Wildman–Crippen MR) is 82.7 cm³/mol. The zero-order valence-electron chi connectivity index (χ0n) is 10.5. The molecule has 0 aliphatic heterocycles. The van der Waals surface area contributed by atoms with Crippen LogP contribution in [0.2, 0.25) is 0 Å². The van der Waals surface area contributed by atoms with Gasteiger partial charge in [0.05, 0.1) is 12.7 Å². The van der Waals surface area contributed by atoms with Gasteiger partial charge in [-0.1, -0.05) is 34.8 Å². The van der Waals surface area contributed by atoms with E-state index in [1.807, 2.05) is 0 Å². The molecule has 3 nitrogen and oxygen atoms in total. The monoisotopic (exact) mass is 354 g/mol. The Kier molecular flexibility index (Phi) is 4.45. The third-order valence-corrected chi connectivity index (χ3v) is 4.41. The van der Waals surface area contributed by atoms with Crippen LogP contribution in [0.25, 0.3) is 11.0 Å². The summed E-state index contributed by atoms with van der Waals surface area (Å²) in [7, 11) is 1.46. The molecule has 2 aromatic rings. The molecule has 0 spiro atoms. The lowest BCUT2D eigenvalue weighted by atomic mass is 10.0. The molecule has 1 heterocycles. The van der Waals surface area contributed by atoms with E-state index in [0.29, 0.717) is 16.7 Å². The number of halogens is 4. The fraction of sp³-hybridized carbons (Fsp3) is 0.308. The molecule has 0 aliphatic rings. The summed E-state index contributed by atoms with van der Waals surface area (Å²) in [6, 6.07) is 4.84. The van der Waals surface area contributed by atoms with Crippen molar-refractivity contribution < 1.29 is 9.15 Å². The molecule has 0 aliphatic carbocycles. The summed E-state index contributed by atoms with van der Waals surface area (Å²) < 4.78 is 8.69. The first kappa shape index (κ1) is 15.8. The van der Waals surface area contributed by atoms with E-state index in [1.165, 1.54) is 13.2 Å². The molecule has 7 heteroatoms. The van der Waals surface area contributed by atoms with Gasteiger partial charge in [-0.05, 0) is 24.6 Å². The van der Waals surface area contributed by atoms with Crippen LogP contribution in [0.1, 0.15) is 16.5 Å². The second-order valence-corrected chi connectivity index (χ2v) is 7.02. The van der Waals surface area contributed by atoms with Crippen molar-refractivity contribution in [3.05, 3.63) is 39.7 Å². The van der Waals surface area contributed by atoms with Gasteiger partial charge in [-0.15, -0.1) is 11.6 Å². The Labute approximate surface area is 135 Å². The highest BCUT2D eigenvalue weighted by Gasteiger charge is 2.36. The van der Waals surface area contributed by atoms with Crippen LogP contribution in [0, 0.1) is 6.92 Å². The number of ether oxygens (including phenoxy) is 1. The van der Waals surface area contributed by atoms with Gasteiger partial charge in [0.1, 0.15) is 16.7 Å². The van der Waals surface area contributed by atoms with Crippen LogP contribution in [-0.2, 0) is 0 Å². The third-order valence-electron chi connectivity index (χ3n) is 2.88. The summed E-state index contributed by atoms with van der Waals surface area (Å²) in [6.45, 7) is 1.79. The Hall–Kier alpha value is -0.610. The number of alkyl halides is 4. The van der Waals surface area contributed by atoms with Crippen molar-refractivity contribution in [3.8, 4) is 5.75 Å². The standard InChI is InChI=1S/C13H10Cl4O3/c1-6-5-9(18)20-11-7(6)3-4-8(19-2)10(11)12(14)13(15,16)17/h3-5,12H,1-2H3. The fourth-order valence-corrected chi connectivity index (χ4v) is 2.50. The topological polar surface area (TPSA) is 39.4 Å². The van der Waals surface area contributed by atoms with E-state index in [2.05, 4.69) is 0 Å². The minimum Gasteiger partial charge on any atom is -0.496 e. The summed E-state index contributed by atoms with van der Waals surface area (Å²) in [6.07, 6.45) is 0. The van der Waals surface area contributed by atoms with Gasteiger partial charge in [-0.2, -0.15) is 0 Å². The SMILES string of the molecule is COc1ccc2c(C)cc(=O)oc2c1C(Cl)C(Cl)(Cl)Cl. The molecular weight excluding hydrogens is 346 g/mol. The molecule has 0 saturated heterocycles. The average molecular weight is 356 g/mol. The van der Waals surface area contributed by atoms with Crippen LogP contribution in [0.3, 0.4) is 0 Å². The average Bonchev–Trinajstić information content (AvgIpc) is 2.35. The number of hydrogen-bond donors (Lipinski definition) is 0. The molecule has 108 valence electrons. The van der Waals surface area contributed by atoms with Crippen LogP contribution in [-0.4, -0.2) is 10.9 Å². The zero-order valence-corrected chi connectivity index (χ0v) is 13.6. The molecule has 20 heavy (non-hydrogen) atoms. The fourth-order valence-electron chi connectivity index (χ4n) is 1.97. The lowest BCUT2D eigenvalue weighted by molar-refractivity contribution is 0.408. The van der Waals surface area contributed by atoms with Crippen LogP contribution >= 0.6 is 46.4 Å².